The molecule has 0 rings (SSSR count). The van der Waals surface area contributed by atoms with Crippen LogP contribution in [0.3, 0.4) is 0 Å². The van der Waals surface area contributed by atoms with Gasteiger partial charge in [-0.2, -0.15) is 39.5 Å². The maximum atomic E-state index is 10.6. The van der Waals surface area contributed by atoms with Gasteiger partial charge in [0, 0.05) is 38.6 Å². The molecule has 0 atom stereocenters. The first-order chi connectivity index (χ1) is 8.83. The molecule has 1 radical (unpaired) electrons. The molecule has 0 unspecified atom stereocenters. The summed E-state index contributed by atoms with van der Waals surface area (Å²) >= 11 is 0. The second-order valence-corrected chi connectivity index (χ2v) is 2.41. The number of carboxylic acid groups (broad SMARTS) is 3. The molecule has 0 aliphatic rings. The van der Waals surface area contributed by atoms with E-state index < -0.39 is 36.4 Å². The third-order valence-corrected chi connectivity index (χ3v) is 0.728. The van der Waals surface area contributed by atoms with Gasteiger partial charge in [0.1, 0.15) is 0 Å². The number of aliphatic carboxylic acids is 3. The fourth-order valence-corrected chi connectivity index (χ4v) is 0. The quantitative estimate of drug-likeness (QED) is 0.438. The van der Waals surface area contributed by atoms with Crippen molar-refractivity contribution in [3.05, 3.63) is 0 Å². The van der Waals surface area contributed by atoms with Crippen molar-refractivity contribution in [1.82, 2.24) is 0 Å². The zero-order chi connectivity index (χ0) is 18.2. The summed E-state index contributed by atoms with van der Waals surface area (Å²) in [5, 5.41) is 21.4. The monoisotopic (exact) mass is 501 g/mol. The first kappa shape index (κ1) is 29.1. The maximum Gasteiger partial charge on any atom is 0.490 e. The molecular weight excluding hydrogens is 498 g/mol. The van der Waals surface area contributed by atoms with Gasteiger partial charge in [-0.1, -0.05) is 0 Å². The van der Waals surface area contributed by atoms with Crippen molar-refractivity contribution in [3.63, 3.8) is 0 Å². The molecule has 0 saturated carbocycles. The van der Waals surface area contributed by atoms with Crippen LogP contribution < -0.4 is 0 Å². The number of carbonyl (C=O) groups is 3. The Balaban J connectivity index is -0.000000108. The van der Waals surface area contributed by atoms with E-state index >= 15 is 0 Å². The van der Waals surface area contributed by atoms with Crippen molar-refractivity contribution >= 4 is 17.9 Å². The van der Waals surface area contributed by atoms with Gasteiger partial charge in [-0.15, -0.1) is 0 Å². The molecule has 135 valence electrons. The van der Waals surface area contributed by atoms with Gasteiger partial charge < -0.3 is 15.3 Å². The van der Waals surface area contributed by atoms with E-state index in [1.54, 1.807) is 0 Å². The van der Waals surface area contributed by atoms with E-state index in [1.165, 1.54) is 0 Å². The van der Waals surface area contributed by atoms with Gasteiger partial charge in [-0.25, -0.2) is 14.4 Å². The molecule has 0 bridgehead atoms. The molecule has 0 fully saturated rings. The first-order valence-corrected chi connectivity index (χ1v) is 3.73. The predicted molar refractivity (Wildman–Crippen MR) is 41.1 cm³/mol. The van der Waals surface area contributed by atoms with Gasteiger partial charge in [0.15, 0.2) is 0 Å². The van der Waals surface area contributed by atoms with Crippen molar-refractivity contribution in [1.29, 1.82) is 0 Å². The Bertz CT molecular complexity index is 313. The van der Waals surface area contributed by atoms with E-state index in [9.17, 15) is 39.5 Å². The van der Waals surface area contributed by atoms with Crippen molar-refractivity contribution in [2.24, 2.45) is 0 Å². The minimum absolute atomic E-state index is 0. The Morgan fingerprint density at radius 1 is 0.500 bits per heavy atom. The summed E-state index contributed by atoms with van der Waals surface area (Å²) in [6.07, 6.45) is -15.3. The average molecular weight is 501 g/mol. The van der Waals surface area contributed by atoms with E-state index in [0.717, 1.165) is 0 Å². The molecule has 0 heterocycles. The number of rotatable bonds is 0. The molecular formula is C6H3F9O6Tb. The van der Waals surface area contributed by atoms with Gasteiger partial charge >= 0.3 is 36.4 Å². The minimum atomic E-state index is -5.08. The summed E-state index contributed by atoms with van der Waals surface area (Å²) in [4.78, 5) is 26.7. The van der Waals surface area contributed by atoms with E-state index in [-0.39, 0.29) is 38.6 Å². The van der Waals surface area contributed by atoms with Gasteiger partial charge in [-0.05, 0) is 0 Å². The average Bonchev–Trinajstić information content (AvgIpc) is 2.14. The molecule has 0 aromatic carbocycles. The van der Waals surface area contributed by atoms with Gasteiger partial charge in [0.25, 0.3) is 0 Å². The van der Waals surface area contributed by atoms with Gasteiger partial charge in [0.05, 0.1) is 0 Å². The smallest absolute Gasteiger partial charge is 0.475 e. The molecule has 16 heteroatoms. The number of hydrogen-bond donors (Lipinski definition) is 3. The minimum Gasteiger partial charge on any atom is -0.475 e. The van der Waals surface area contributed by atoms with E-state index in [2.05, 4.69) is 0 Å². The van der Waals surface area contributed by atoms with Crippen molar-refractivity contribution < 1.29 is 108 Å². The van der Waals surface area contributed by atoms with E-state index in [4.69, 9.17) is 29.7 Å². The van der Waals surface area contributed by atoms with Crippen LogP contribution in [0.25, 0.3) is 0 Å². The number of carboxylic acids is 3. The van der Waals surface area contributed by atoms with Crippen LogP contribution in [-0.4, -0.2) is 51.8 Å². The van der Waals surface area contributed by atoms with Crippen LogP contribution in [-0.2, 0) is 14.4 Å². The van der Waals surface area contributed by atoms with E-state index in [1.807, 2.05) is 0 Å². The van der Waals surface area contributed by atoms with Crippen LogP contribution in [0.2, 0.25) is 0 Å². The van der Waals surface area contributed by atoms with Crippen LogP contribution in [0.4, 0.5) is 39.5 Å². The van der Waals surface area contributed by atoms with Crippen LogP contribution >= 0.6 is 0 Å². The Labute approximate surface area is 144 Å². The van der Waals surface area contributed by atoms with Crippen molar-refractivity contribution in [2.45, 2.75) is 18.5 Å². The standard InChI is InChI=1S/3C2HF3O2.Tb/c3*3-2(4,5)1(6)7;/h3*(H,6,7);. The Morgan fingerprint density at radius 3 is 0.545 bits per heavy atom. The van der Waals surface area contributed by atoms with Gasteiger partial charge in [-0.3, -0.25) is 0 Å². The summed E-state index contributed by atoms with van der Waals surface area (Å²) in [7, 11) is 0. The molecule has 6 nitrogen and oxygen atoms in total. The fourth-order valence-electron chi connectivity index (χ4n) is 0. The Hall–Kier alpha value is -0.934. The maximum absolute atomic E-state index is 10.6. The zero-order valence-electron chi connectivity index (χ0n) is 9.30. The first-order valence-electron chi connectivity index (χ1n) is 3.73. The Morgan fingerprint density at radius 2 is 0.545 bits per heavy atom. The SMILES string of the molecule is O=C(O)C(F)(F)F.O=C(O)C(F)(F)F.O=C(O)C(F)(F)F.[Tb]. The molecule has 0 aromatic rings. The summed E-state index contributed by atoms with van der Waals surface area (Å²) in [5.74, 6) is -8.27. The predicted octanol–water partition coefficient (Wildman–Crippen LogP) is 1.90. The molecule has 0 saturated heterocycles. The van der Waals surface area contributed by atoms with Gasteiger partial charge in [0.2, 0.25) is 0 Å². The van der Waals surface area contributed by atoms with Crippen LogP contribution in [0, 0.1) is 38.6 Å². The van der Waals surface area contributed by atoms with Crippen LogP contribution in [0.5, 0.6) is 0 Å². The van der Waals surface area contributed by atoms with Crippen molar-refractivity contribution in [2.75, 3.05) is 0 Å². The van der Waals surface area contributed by atoms with Crippen LogP contribution in [0.15, 0.2) is 0 Å². The number of alkyl halides is 9. The number of hydrogen-bond acceptors (Lipinski definition) is 3. The normalized spacial score (nSPS) is 10.8. The van der Waals surface area contributed by atoms with Crippen molar-refractivity contribution in [3.8, 4) is 0 Å². The summed E-state index contributed by atoms with van der Waals surface area (Å²) in [6, 6.07) is 0. The molecule has 0 aliphatic carbocycles. The van der Waals surface area contributed by atoms with Crippen LogP contribution in [0.1, 0.15) is 0 Å². The molecule has 0 amide bonds. The molecule has 0 aliphatic heterocycles. The van der Waals surface area contributed by atoms with E-state index in [0.29, 0.717) is 0 Å². The third kappa shape index (κ3) is 21.4. The fraction of sp³-hybridized carbons (Fsp3) is 0.500. The summed E-state index contributed by atoms with van der Waals surface area (Å²) < 4.78 is 95.2. The topological polar surface area (TPSA) is 112 Å². The summed E-state index contributed by atoms with van der Waals surface area (Å²) in [5.41, 5.74) is 0. The second-order valence-electron chi connectivity index (χ2n) is 2.41. The largest absolute Gasteiger partial charge is 0.490 e. The molecule has 22 heavy (non-hydrogen) atoms. The molecule has 3 N–H and O–H groups in total. The molecule has 0 spiro atoms. The number of halogens is 9. The zero-order valence-corrected chi connectivity index (χ0v) is 11.4. The third-order valence-electron chi connectivity index (χ3n) is 0.728. The molecule has 0 aromatic heterocycles. The summed E-state index contributed by atoms with van der Waals surface area (Å²) in [6.45, 7) is 0. The Kier molecular flexibility index (Phi) is 14.2. The second kappa shape index (κ2) is 10.7.